The number of ether oxygens (including phenoxy) is 1. The molecule has 2 bridgehead atoms. The van der Waals surface area contributed by atoms with Crippen LogP contribution in [0, 0.1) is 5.82 Å². The molecule has 2 fully saturated rings. The Labute approximate surface area is 111 Å². The molecular formula is C14H17ClFNO. The lowest BCUT2D eigenvalue weighted by molar-refractivity contribution is 0.0962. The predicted molar refractivity (Wildman–Crippen MR) is 69.3 cm³/mol. The zero-order chi connectivity index (χ0) is 12.7. The fourth-order valence-corrected chi connectivity index (χ4v) is 3.41. The van der Waals surface area contributed by atoms with Crippen molar-refractivity contribution in [2.45, 2.75) is 50.5 Å². The second-order valence-corrected chi connectivity index (χ2v) is 5.68. The molecule has 0 aromatic heterocycles. The van der Waals surface area contributed by atoms with Crippen LogP contribution in [0.5, 0.6) is 0 Å². The second-order valence-electron chi connectivity index (χ2n) is 5.27. The van der Waals surface area contributed by atoms with E-state index in [0.29, 0.717) is 23.3 Å². The van der Waals surface area contributed by atoms with Crippen molar-refractivity contribution >= 4 is 11.6 Å². The molecule has 0 saturated carbocycles. The first-order valence-corrected chi connectivity index (χ1v) is 6.88. The number of benzene rings is 1. The summed E-state index contributed by atoms with van der Waals surface area (Å²) in [5.74, 6) is -0.292. The van der Waals surface area contributed by atoms with Gasteiger partial charge in [-0.05, 0) is 43.9 Å². The minimum Gasteiger partial charge on any atom is -0.373 e. The fraction of sp³-hybridized carbons (Fsp3) is 0.571. The van der Waals surface area contributed by atoms with Crippen LogP contribution in [0.4, 0.5) is 4.39 Å². The summed E-state index contributed by atoms with van der Waals surface area (Å²) >= 11 is 6.08. The van der Waals surface area contributed by atoms with Crippen molar-refractivity contribution in [1.82, 2.24) is 5.32 Å². The molecular weight excluding hydrogens is 253 g/mol. The molecule has 0 aliphatic carbocycles. The van der Waals surface area contributed by atoms with Crippen LogP contribution in [0.2, 0.25) is 5.02 Å². The molecule has 2 heterocycles. The van der Waals surface area contributed by atoms with Crippen LogP contribution in [0.3, 0.4) is 0 Å². The smallest absolute Gasteiger partial charge is 0.124 e. The van der Waals surface area contributed by atoms with Gasteiger partial charge in [-0.1, -0.05) is 17.7 Å². The Kier molecular flexibility index (Phi) is 3.31. The molecule has 2 aliphatic heterocycles. The number of halogens is 2. The van der Waals surface area contributed by atoms with Gasteiger partial charge in [0.15, 0.2) is 0 Å². The standard InChI is InChI=1S/C14H17ClFNO/c1-8(11-4-2-9(16)6-12(11)15)17-13-7-10-3-5-14(13)18-10/h2,4,6,8,10,13-14,17H,3,5,7H2,1H3. The van der Waals surface area contributed by atoms with E-state index in [1.54, 1.807) is 6.07 Å². The zero-order valence-corrected chi connectivity index (χ0v) is 11.1. The van der Waals surface area contributed by atoms with Gasteiger partial charge in [0.25, 0.3) is 0 Å². The van der Waals surface area contributed by atoms with Gasteiger partial charge in [0, 0.05) is 17.1 Å². The second kappa shape index (κ2) is 4.80. The largest absolute Gasteiger partial charge is 0.373 e. The van der Waals surface area contributed by atoms with Gasteiger partial charge in [0.2, 0.25) is 0 Å². The molecule has 1 N–H and O–H groups in total. The summed E-state index contributed by atoms with van der Waals surface area (Å²) in [6.07, 6.45) is 4.19. The molecule has 0 amide bonds. The van der Waals surface area contributed by atoms with E-state index in [1.165, 1.54) is 18.6 Å². The number of nitrogens with one attached hydrogen (secondary N) is 1. The van der Waals surface area contributed by atoms with E-state index in [1.807, 2.05) is 0 Å². The van der Waals surface area contributed by atoms with Crippen LogP contribution in [-0.4, -0.2) is 18.2 Å². The minimum atomic E-state index is -0.292. The Balaban J connectivity index is 1.69. The summed E-state index contributed by atoms with van der Waals surface area (Å²) in [5.41, 5.74) is 0.945. The Morgan fingerprint density at radius 1 is 1.44 bits per heavy atom. The predicted octanol–water partition coefficient (Wildman–Crippen LogP) is 3.45. The fourth-order valence-electron chi connectivity index (χ4n) is 3.08. The molecule has 2 nitrogen and oxygen atoms in total. The molecule has 4 unspecified atom stereocenters. The van der Waals surface area contributed by atoms with Gasteiger partial charge in [0.05, 0.1) is 12.2 Å². The van der Waals surface area contributed by atoms with Crippen LogP contribution in [-0.2, 0) is 4.74 Å². The molecule has 1 aromatic rings. The van der Waals surface area contributed by atoms with Crippen molar-refractivity contribution < 1.29 is 9.13 Å². The van der Waals surface area contributed by atoms with E-state index in [9.17, 15) is 4.39 Å². The lowest BCUT2D eigenvalue weighted by Gasteiger charge is -2.25. The Morgan fingerprint density at radius 2 is 2.28 bits per heavy atom. The van der Waals surface area contributed by atoms with E-state index < -0.39 is 0 Å². The highest BCUT2D eigenvalue weighted by Crippen LogP contribution is 2.36. The third-order valence-electron chi connectivity index (χ3n) is 4.00. The van der Waals surface area contributed by atoms with Crippen molar-refractivity contribution in [3.05, 3.63) is 34.6 Å². The van der Waals surface area contributed by atoms with E-state index in [-0.39, 0.29) is 11.9 Å². The van der Waals surface area contributed by atoms with Crippen molar-refractivity contribution in [2.75, 3.05) is 0 Å². The van der Waals surface area contributed by atoms with Gasteiger partial charge in [-0.3, -0.25) is 0 Å². The van der Waals surface area contributed by atoms with Crippen LogP contribution in [0.15, 0.2) is 18.2 Å². The van der Waals surface area contributed by atoms with E-state index in [2.05, 4.69) is 12.2 Å². The summed E-state index contributed by atoms with van der Waals surface area (Å²) in [6, 6.07) is 5.10. The highest BCUT2D eigenvalue weighted by atomic mass is 35.5. The average Bonchev–Trinajstić information content (AvgIpc) is 2.90. The average molecular weight is 270 g/mol. The van der Waals surface area contributed by atoms with Gasteiger partial charge in [-0.2, -0.15) is 0 Å². The molecule has 4 atom stereocenters. The lowest BCUT2D eigenvalue weighted by atomic mass is 9.94. The molecule has 1 aromatic carbocycles. The summed E-state index contributed by atoms with van der Waals surface area (Å²) in [5, 5.41) is 4.04. The van der Waals surface area contributed by atoms with Crippen molar-refractivity contribution in [3.63, 3.8) is 0 Å². The number of fused-ring (bicyclic) bond motifs is 2. The third kappa shape index (κ3) is 2.27. The number of rotatable bonds is 3. The Bertz CT molecular complexity index is 453. The molecule has 98 valence electrons. The molecule has 4 heteroatoms. The maximum Gasteiger partial charge on any atom is 0.124 e. The highest BCUT2D eigenvalue weighted by Gasteiger charge is 2.41. The van der Waals surface area contributed by atoms with Gasteiger partial charge in [-0.25, -0.2) is 4.39 Å². The first-order chi connectivity index (χ1) is 8.63. The van der Waals surface area contributed by atoms with Gasteiger partial charge in [0.1, 0.15) is 5.82 Å². The van der Waals surface area contributed by atoms with E-state index in [0.717, 1.165) is 18.4 Å². The van der Waals surface area contributed by atoms with Crippen molar-refractivity contribution in [3.8, 4) is 0 Å². The lowest BCUT2D eigenvalue weighted by Crippen LogP contribution is -2.39. The van der Waals surface area contributed by atoms with E-state index >= 15 is 0 Å². The zero-order valence-electron chi connectivity index (χ0n) is 10.3. The Morgan fingerprint density at radius 3 is 2.89 bits per heavy atom. The monoisotopic (exact) mass is 269 g/mol. The van der Waals surface area contributed by atoms with Gasteiger partial charge in [-0.15, -0.1) is 0 Å². The molecule has 0 radical (unpaired) electrons. The van der Waals surface area contributed by atoms with Crippen LogP contribution >= 0.6 is 11.6 Å². The van der Waals surface area contributed by atoms with Gasteiger partial charge >= 0.3 is 0 Å². The maximum atomic E-state index is 13.0. The quantitative estimate of drug-likeness (QED) is 0.907. The number of hydrogen-bond donors (Lipinski definition) is 1. The normalized spacial score (nSPS) is 31.8. The van der Waals surface area contributed by atoms with Crippen LogP contribution < -0.4 is 5.32 Å². The molecule has 18 heavy (non-hydrogen) atoms. The van der Waals surface area contributed by atoms with Crippen molar-refractivity contribution in [2.24, 2.45) is 0 Å². The first kappa shape index (κ1) is 12.4. The van der Waals surface area contributed by atoms with E-state index in [4.69, 9.17) is 16.3 Å². The number of hydrogen-bond acceptors (Lipinski definition) is 2. The summed E-state index contributed by atoms with van der Waals surface area (Å²) in [6.45, 7) is 2.06. The topological polar surface area (TPSA) is 21.3 Å². The highest BCUT2D eigenvalue weighted by molar-refractivity contribution is 6.31. The third-order valence-corrected chi connectivity index (χ3v) is 4.33. The minimum absolute atomic E-state index is 0.117. The maximum absolute atomic E-state index is 13.0. The Hall–Kier alpha value is -0.640. The molecule has 3 rings (SSSR count). The van der Waals surface area contributed by atoms with Crippen molar-refractivity contribution in [1.29, 1.82) is 0 Å². The summed E-state index contributed by atoms with van der Waals surface area (Å²) in [7, 11) is 0. The summed E-state index contributed by atoms with van der Waals surface area (Å²) < 4.78 is 18.8. The molecule has 0 spiro atoms. The summed E-state index contributed by atoms with van der Waals surface area (Å²) in [4.78, 5) is 0. The van der Waals surface area contributed by atoms with Crippen LogP contribution in [0.1, 0.15) is 37.8 Å². The van der Waals surface area contributed by atoms with Crippen LogP contribution in [0.25, 0.3) is 0 Å². The van der Waals surface area contributed by atoms with Gasteiger partial charge < -0.3 is 10.1 Å². The molecule has 2 aliphatic rings. The molecule has 2 saturated heterocycles. The SMILES string of the molecule is CC(NC1CC2CCC1O2)c1ccc(F)cc1Cl. The first-order valence-electron chi connectivity index (χ1n) is 6.50.